The van der Waals surface area contributed by atoms with Gasteiger partial charge in [0.15, 0.2) is 6.10 Å². The largest absolute Gasteiger partial charge is 0.463 e. The van der Waals surface area contributed by atoms with E-state index in [0.717, 1.165) is 38.5 Å². The summed E-state index contributed by atoms with van der Waals surface area (Å²) in [6.07, 6.45) is 25.2. The fourth-order valence-corrected chi connectivity index (χ4v) is 4.91. The quantitative estimate of drug-likeness (QED) is 0.0969. The zero-order chi connectivity index (χ0) is 27.0. The highest BCUT2D eigenvalue weighted by molar-refractivity contribution is 5.89. The van der Waals surface area contributed by atoms with E-state index in [-0.39, 0.29) is 5.91 Å². The van der Waals surface area contributed by atoms with Gasteiger partial charge in [0, 0.05) is 6.42 Å². The van der Waals surface area contributed by atoms with Crippen LogP contribution in [-0.2, 0) is 23.9 Å². The van der Waals surface area contributed by atoms with Crippen molar-refractivity contribution in [3.8, 4) is 0 Å². The van der Waals surface area contributed by atoms with E-state index in [2.05, 4.69) is 19.2 Å². The summed E-state index contributed by atoms with van der Waals surface area (Å²) in [6, 6.07) is -0.640. The SMILES string of the molecule is CCCCCCCCCCCCCCCCCCOC(=O)C(CCCCCC)OC(=O)[C@@H]1CCC(=O)N1. The number of hydrogen-bond acceptors (Lipinski definition) is 5. The highest BCUT2D eigenvalue weighted by atomic mass is 16.6. The van der Waals surface area contributed by atoms with Gasteiger partial charge in [-0.2, -0.15) is 0 Å². The molecule has 0 spiro atoms. The number of carbonyl (C=O) groups is 3. The molecule has 0 bridgehead atoms. The molecule has 0 radical (unpaired) electrons. The fraction of sp³-hybridized carbons (Fsp3) is 0.903. The van der Waals surface area contributed by atoms with E-state index in [1.165, 1.54) is 89.9 Å². The maximum Gasteiger partial charge on any atom is 0.347 e. The number of ether oxygens (including phenoxy) is 2. The molecule has 0 saturated carbocycles. The van der Waals surface area contributed by atoms with E-state index in [1.807, 2.05) is 0 Å². The van der Waals surface area contributed by atoms with Crippen LogP contribution in [0.25, 0.3) is 0 Å². The van der Waals surface area contributed by atoms with E-state index in [1.54, 1.807) is 0 Å². The van der Waals surface area contributed by atoms with E-state index in [9.17, 15) is 14.4 Å². The zero-order valence-corrected chi connectivity index (χ0v) is 24.2. The molecule has 1 amide bonds. The third kappa shape index (κ3) is 18.3. The molecule has 1 saturated heterocycles. The number of nitrogens with one attached hydrogen (secondary N) is 1. The molecule has 0 aromatic rings. The highest BCUT2D eigenvalue weighted by Crippen LogP contribution is 2.16. The van der Waals surface area contributed by atoms with Crippen LogP contribution in [0.1, 0.15) is 162 Å². The molecule has 6 nitrogen and oxygen atoms in total. The minimum atomic E-state index is -0.872. The predicted octanol–water partition coefficient (Wildman–Crippen LogP) is 7.95. The second kappa shape index (κ2) is 23.5. The third-order valence-electron chi connectivity index (χ3n) is 7.36. The molecule has 2 atom stereocenters. The first-order chi connectivity index (χ1) is 18.1. The summed E-state index contributed by atoms with van der Waals surface area (Å²) in [5.41, 5.74) is 0. The second-order valence-electron chi connectivity index (χ2n) is 10.9. The first-order valence-electron chi connectivity index (χ1n) is 15.7. The summed E-state index contributed by atoms with van der Waals surface area (Å²) in [4.78, 5) is 36.4. The Morgan fingerprint density at radius 1 is 0.730 bits per heavy atom. The standard InChI is InChI=1S/C31H57NO5/c1-3-5-7-9-10-11-12-13-14-15-16-17-18-19-20-22-26-36-31(35)28(23-21-8-6-4-2)37-30(34)27-24-25-29(33)32-27/h27-28H,3-26H2,1-2H3,(H,32,33)/t27-,28?/m0/s1. The van der Waals surface area contributed by atoms with Gasteiger partial charge in [0.1, 0.15) is 6.04 Å². The van der Waals surface area contributed by atoms with Gasteiger partial charge in [-0.25, -0.2) is 9.59 Å². The lowest BCUT2D eigenvalue weighted by Crippen LogP contribution is -2.39. The molecular weight excluding hydrogens is 466 g/mol. The first kappa shape index (κ1) is 33.4. The minimum Gasteiger partial charge on any atom is -0.463 e. The molecule has 1 fully saturated rings. The van der Waals surface area contributed by atoms with Gasteiger partial charge in [-0.1, -0.05) is 129 Å². The molecule has 1 unspecified atom stereocenters. The van der Waals surface area contributed by atoms with Gasteiger partial charge in [-0.05, 0) is 25.7 Å². The Morgan fingerprint density at radius 3 is 1.65 bits per heavy atom. The average molecular weight is 524 g/mol. The normalized spacial score (nSPS) is 15.9. The lowest BCUT2D eigenvalue weighted by atomic mass is 10.0. The Bertz CT molecular complexity index is 594. The average Bonchev–Trinajstić information content (AvgIpc) is 3.33. The predicted molar refractivity (Wildman–Crippen MR) is 150 cm³/mol. The van der Waals surface area contributed by atoms with Gasteiger partial charge in [0.05, 0.1) is 6.61 Å². The van der Waals surface area contributed by atoms with Gasteiger partial charge in [-0.3, -0.25) is 4.79 Å². The summed E-state index contributed by atoms with van der Waals surface area (Å²) in [5.74, 6) is -1.12. The molecule has 0 aromatic carbocycles. The van der Waals surface area contributed by atoms with E-state index in [0.29, 0.717) is 25.9 Å². The summed E-state index contributed by atoms with van der Waals surface area (Å²) >= 11 is 0. The number of rotatable bonds is 25. The van der Waals surface area contributed by atoms with Gasteiger partial charge in [0.25, 0.3) is 0 Å². The van der Waals surface area contributed by atoms with E-state index in [4.69, 9.17) is 9.47 Å². The monoisotopic (exact) mass is 523 g/mol. The number of unbranched alkanes of at least 4 members (excludes halogenated alkanes) is 18. The maximum atomic E-state index is 12.6. The minimum absolute atomic E-state index is 0.146. The summed E-state index contributed by atoms with van der Waals surface area (Å²) in [7, 11) is 0. The van der Waals surface area contributed by atoms with Crippen molar-refractivity contribution in [2.45, 2.75) is 174 Å². The van der Waals surface area contributed by atoms with Crippen LogP contribution >= 0.6 is 0 Å². The van der Waals surface area contributed by atoms with Crippen LogP contribution < -0.4 is 5.32 Å². The van der Waals surface area contributed by atoms with Crippen molar-refractivity contribution in [3.63, 3.8) is 0 Å². The van der Waals surface area contributed by atoms with Gasteiger partial charge < -0.3 is 14.8 Å². The van der Waals surface area contributed by atoms with Crippen molar-refractivity contribution in [3.05, 3.63) is 0 Å². The number of esters is 2. The smallest absolute Gasteiger partial charge is 0.347 e. The lowest BCUT2D eigenvalue weighted by molar-refractivity contribution is -0.169. The molecule has 1 rings (SSSR count). The molecule has 216 valence electrons. The molecular formula is C31H57NO5. The van der Waals surface area contributed by atoms with Crippen molar-refractivity contribution in [2.75, 3.05) is 6.61 Å². The second-order valence-corrected chi connectivity index (χ2v) is 10.9. The summed E-state index contributed by atoms with van der Waals surface area (Å²) in [5, 5.41) is 2.61. The van der Waals surface area contributed by atoms with Crippen molar-refractivity contribution in [2.24, 2.45) is 0 Å². The van der Waals surface area contributed by atoms with Crippen molar-refractivity contribution >= 4 is 17.8 Å². The highest BCUT2D eigenvalue weighted by Gasteiger charge is 2.32. The van der Waals surface area contributed by atoms with Crippen LogP contribution in [0.15, 0.2) is 0 Å². The van der Waals surface area contributed by atoms with Gasteiger partial charge in [-0.15, -0.1) is 0 Å². The van der Waals surface area contributed by atoms with Crippen LogP contribution in [0, 0.1) is 0 Å². The Labute approximate surface area is 227 Å². The van der Waals surface area contributed by atoms with Crippen LogP contribution in [0.2, 0.25) is 0 Å². The third-order valence-corrected chi connectivity index (χ3v) is 7.36. The molecule has 6 heteroatoms. The van der Waals surface area contributed by atoms with Crippen LogP contribution in [-0.4, -0.2) is 36.6 Å². The molecule has 1 aliphatic rings. The number of carbonyl (C=O) groups excluding carboxylic acids is 3. The Kier molecular flexibility index (Phi) is 21.3. The van der Waals surface area contributed by atoms with Crippen LogP contribution in [0.3, 0.4) is 0 Å². The maximum absolute atomic E-state index is 12.6. The van der Waals surface area contributed by atoms with Crippen molar-refractivity contribution in [1.29, 1.82) is 0 Å². The number of hydrogen-bond donors (Lipinski definition) is 1. The van der Waals surface area contributed by atoms with E-state index < -0.39 is 24.1 Å². The van der Waals surface area contributed by atoms with E-state index >= 15 is 0 Å². The Balaban J connectivity index is 2.05. The lowest BCUT2D eigenvalue weighted by Gasteiger charge is -2.19. The molecule has 37 heavy (non-hydrogen) atoms. The Morgan fingerprint density at radius 2 is 1.19 bits per heavy atom. The van der Waals surface area contributed by atoms with Crippen LogP contribution in [0.4, 0.5) is 0 Å². The Hall–Kier alpha value is -1.59. The zero-order valence-electron chi connectivity index (χ0n) is 24.2. The molecule has 1 heterocycles. The molecule has 1 aliphatic heterocycles. The number of amides is 1. The molecule has 1 N–H and O–H groups in total. The van der Waals surface area contributed by atoms with Gasteiger partial charge in [0.2, 0.25) is 5.91 Å². The van der Waals surface area contributed by atoms with Gasteiger partial charge >= 0.3 is 11.9 Å². The summed E-state index contributed by atoms with van der Waals surface area (Å²) < 4.78 is 10.9. The van der Waals surface area contributed by atoms with Crippen molar-refractivity contribution in [1.82, 2.24) is 5.32 Å². The fourth-order valence-electron chi connectivity index (χ4n) is 4.91. The first-order valence-corrected chi connectivity index (χ1v) is 15.7. The van der Waals surface area contributed by atoms with Crippen LogP contribution in [0.5, 0.6) is 0 Å². The topological polar surface area (TPSA) is 81.7 Å². The molecule has 0 aromatic heterocycles. The van der Waals surface area contributed by atoms with Crippen molar-refractivity contribution < 1.29 is 23.9 Å². The molecule has 0 aliphatic carbocycles. The summed E-state index contributed by atoms with van der Waals surface area (Å²) in [6.45, 7) is 4.78.